The molecule has 19 heavy (non-hydrogen) atoms. The fourth-order valence-corrected chi connectivity index (χ4v) is 2.75. The van der Waals surface area contributed by atoms with Crippen molar-refractivity contribution in [2.45, 2.75) is 12.2 Å². The zero-order chi connectivity index (χ0) is 14.0. The van der Waals surface area contributed by atoms with Crippen LogP contribution < -0.4 is 5.32 Å². The van der Waals surface area contributed by atoms with Gasteiger partial charge in [0.1, 0.15) is 5.82 Å². The molecule has 6 heteroatoms. The molecule has 0 aliphatic rings. The van der Waals surface area contributed by atoms with E-state index in [2.05, 4.69) is 5.32 Å². The Labute approximate surface area is 111 Å². The van der Waals surface area contributed by atoms with Crippen LogP contribution in [0.4, 0.5) is 17.6 Å². The van der Waals surface area contributed by atoms with Crippen LogP contribution >= 0.6 is 11.3 Å². The normalized spacial score (nSPS) is 13.5. The zero-order valence-corrected chi connectivity index (χ0v) is 10.8. The number of nitrogens with one attached hydrogen (secondary N) is 1. The molecule has 1 aromatic heterocycles. The van der Waals surface area contributed by atoms with Crippen molar-refractivity contribution in [3.05, 3.63) is 57.5 Å². The number of thiophene rings is 1. The minimum atomic E-state index is -4.69. The van der Waals surface area contributed by atoms with Crippen molar-refractivity contribution in [2.24, 2.45) is 0 Å². The van der Waals surface area contributed by atoms with Crippen LogP contribution in [0, 0.1) is 5.82 Å². The summed E-state index contributed by atoms with van der Waals surface area (Å²) in [6.45, 7) is 0. The van der Waals surface area contributed by atoms with Crippen LogP contribution in [-0.4, -0.2) is 7.05 Å². The van der Waals surface area contributed by atoms with E-state index >= 15 is 0 Å². The molecule has 0 saturated heterocycles. The second-order valence-electron chi connectivity index (χ2n) is 3.94. The van der Waals surface area contributed by atoms with Crippen molar-refractivity contribution in [1.82, 2.24) is 5.32 Å². The van der Waals surface area contributed by atoms with E-state index in [9.17, 15) is 17.6 Å². The van der Waals surface area contributed by atoms with Gasteiger partial charge in [-0.15, -0.1) is 11.3 Å². The molecule has 2 aromatic rings. The molecule has 102 valence electrons. The first-order valence-corrected chi connectivity index (χ1v) is 6.39. The summed E-state index contributed by atoms with van der Waals surface area (Å²) in [6.07, 6.45) is -4.69. The van der Waals surface area contributed by atoms with Gasteiger partial charge in [-0.2, -0.15) is 13.2 Å². The minimum Gasteiger partial charge on any atom is -0.309 e. The van der Waals surface area contributed by atoms with E-state index < -0.39 is 23.6 Å². The molecule has 1 unspecified atom stereocenters. The fraction of sp³-hybridized carbons (Fsp3) is 0.231. The summed E-state index contributed by atoms with van der Waals surface area (Å²) in [5.41, 5.74) is -1.23. The van der Waals surface area contributed by atoms with Crippen molar-refractivity contribution in [3.63, 3.8) is 0 Å². The first-order valence-electron chi connectivity index (χ1n) is 5.51. The number of halogens is 4. The highest BCUT2D eigenvalue weighted by molar-refractivity contribution is 7.10. The molecule has 0 amide bonds. The van der Waals surface area contributed by atoms with Crippen LogP contribution in [-0.2, 0) is 6.18 Å². The molecule has 0 bridgehead atoms. The predicted octanol–water partition coefficient (Wildman–Crippen LogP) is 4.21. The quantitative estimate of drug-likeness (QED) is 0.834. The SMILES string of the molecule is CNC(c1cccs1)c1cccc(C(F)(F)F)c1F. The zero-order valence-electron chi connectivity index (χ0n) is 9.96. The van der Waals surface area contributed by atoms with Crippen molar-refractivity contribution >= 4 is 11.3 Å². The fourth-order valence-electron chi connectivity index (χ4n) is 1.90. The molecule has 0 spiro atoms. The number of benzene rings is 1. The van der Waals surface area contributed by atoms with Crippen LogP contribution in [0.15, 0.2) is 35.7 Å². The molecule has 1 nitrogen and oxygen atoms in total. The van der Waals surface area contributed by atoms with Gasteiger partial charge in [0, 0.05) is 10.4 Å². The van der Waals surface area contributed by atoms with Gasteiger partial charge >= 0.3 is 6.18 Å². The smallest absolute Gasteiger partial charge is 0.309 e. The third kappa shape index (κ3) is 2.79. The highest BCUT2D eigenvalue weighted by Crippen LogP contribution is 2.35. The van der Waals surface area contributed by atoms with Gasteiger partial charge in [0.25, 0.3) is 0 Å². The van der Waals surface area contributed by atoms with E-state index in [1.54, 1.807) is 24.6 Å². The lowest BCUT2D eigenvalue weighted by Crippen LogP contribution is -2.20. The van der Waals surface area contributed by atoms with Gasteiger partial charge in [-0.3, -0.25) is 0 Å². The average molecular weight is 289 g/mol. The van der Waals surface area contributed by atoms with Gasteiger partial charge in [0.2, 0.25) is 0 Å². The Morgan fingerprint density at radius 1 is 1.16 bits per heavy atom. The standard InChI is InChI=1S/C13H11F4NS/c1-18-12(10-6-3-7-19-10)8-4-2-5-9(11(8)14)13(15,16)17/h2-7,12,18H,1H3. The summed E-state index contributed by atoms with van der Waals surface area (Å²) in [5, 5.41) is 4.64. The summed E-state index contributed by atoms with van der Waals surface area (Å²) in [7, 11) is 1.59. The Morgan fingerprint density at radius 3 is 2.42 bits per heavy atom. The third-order valence-corrected chi connectivity index (χ3v) is 3.70. The Kier molecular flexibility index (Phi) is 3.91. The molecule has 1 heterocycles. The lowest BCUT2D eigenvalue weighted by atomic mass is 10.0. The summed E-state index contributed by atoms with van der Waals surface area (Å²) in [6, 6.07) is 6.29. The maximum Gasteiger partial charge on any atom is 0.419 e. The lowest BCUT2D eigenvalue weighted by molar-refractivity contribution is -0.140. The van der Waals surface area contributed by atoms with E-state index in [4.69, 9.17) is 0 Å². The van der Waals surface area contributed by atoms with Crippen LogP contribution in [0.5, 0.6) is 0 Å². The average Bonchev–Trinajstić information content (AvgIpc) is 2.84. The highest BCUT2D eigenvalue weighted by Gasteiger charge is 2.35. The third-order valence-electron chi connectivity index (χ3n) is 2.76. The Hall–Kier alpha value is -1.40. The number of rotatable bonds is 3. The Morgan fingerprint density at radius 2 is 1.89 bits per heavy atom. The second-order valence-corrected chi connectivity index (χ2v) is 4.92. The van der Waals surface area contributed by atoms with Crippen molar-refractivity contribution < 1.29 is 17.6 Å². The summed E-state index contributed by atoms with van der Waals surface area (Å²) in [4.78, 5) is 0.765. The van der Waals surface area contributed by atoms with Crippen molar-refractivity contribution in [3.8, 4) is 0 Å². The van der Waals surface area contributed by atoms with E-state index in [0.29, 0.717) is 0 Å². The summed E-state index contributed by atoms with van der Waals surface area (Å²) < 4.78 is 52.1. The molecule has 0 aliphatic heterocycles. The van der Waals surface area contributed by atoms with Crippen LogP contribution in [0.3, 0.4) is 0 Å². The monoisotopic (exact) mass is 289 g/mol. The second kappa shape index (κ2) is 5.30. The molecular weight excluding hydrogens is 278 g/mol. The Balaban J connectivity index is 2.51. The topological polar surface area (TPSA) is 12.0 Å². The molecule has 2 rings (SSSR count). The van der Waals surface area contributed by atoms with Crippen molar-refractivity contribution in [2.75, 3.05) is 7.05 Å². The molecular formula is C13H11F4NS. The summed E-state index contributed by atoms with van der Waals surface area (Å²) in [5.74, 6) is -1.22. The molecule has 0 aliphatic carbocycles. The number of hydrogen-bond donors (Lipinski definition) is 1. The molecule has 1 atom stereocenters. The molecule has 0 saturated carbocycles. The molecule has 0 radical (unpaired) electrons. The molecule has 1 N–H and O–H groups in total. The van der Waals surface area contributed by atoms with E-state index in [1.165, 1.54) is 23.5 Å². The van der Waals surface area contributed by atoms with E-state index in [1.807, 2.05) is 0 Å². The van der Waals surface area contributed by atoms with Gasteiger partial charge in [0.15, 0.2) is 0 Å². The number of alkyl halides is 3. The summed E-state index contributed by atoms with van der Waals surface area (Å²) >= 11 is 1.36. The highest BCUT2D eigenvalue weighted by atomic mass is 32.1. The van der Waals surface area contributed by atoms with Crippen LogP contribution in [0.1, 0.15) is 22.0 Å². The van der Waals surface area contributed by atoms with Crippen LogP contribution in [0.25, 0.3) is 0 Å². The van der Waals surface area contributed by atoms with Gasteiger partial charge in [-0.1, -0.05) is 18.2 Å². The van der Waals surface area contributed by atoms with E-state index in [-0.39, 0.29) is 5.56 Å². The van der Waals surface area contributed by atoms with E-state index in [0.717, 1.165) is 10.9 Å². The maximum absolute atomic E-state index is 14.0. The van der Waals surface area contributed by atoms with Gasteiger partial charge in [-0.25, -0.2) is 4.39 Å². The first kappa shape index (κ1) is 14.0. The molecule has 0 fully saturated rings. The van der Waals surface area contributed by atoms with Gasteiger partial charge in [-0.05, 0) is 24.6 Å². The lowest BCUT2D eigenvalue weighted by Gasteiger charge is -2.18. The van der Waals surface area contributed by atoms with Gasteiger partial charge in [0.05, 0.1) is 11.6 Å². The van der Waals surface area contributed by atoms with Gasteiger partial charge < -0.3 is 5.32 Å². The minimum absolute atomic E-state index is 0.000208. The van der Waals surface area contributed by atoms with Crippen LogP contribution in [0.2, 0.25) is 0 Å². The maximum atomic E-state index is 14.0. The first-order chi connectivity index (χ1) is 8.95. The number of hydrogen-bond acceptors (Lipinski definition) is 2. The Bertz CT molecular complexity index is 548. The molecule has 1 aromatic carbocycles. The largest absolute Gasteiger partial charge is 0.419 e. The van der Waals surface area contributed by atoms with Crippen molar-refractivity contribution in [1.29, 1.82) is 0 Å². The predicted molar refractivity (Wildman–Crippen MR) is 66.6 cm³/mol.